The summed E-state index contributed by atoms with van der Waals surface area (Å²) in [6.45, 7) is 9.24. The number of hydrogen-bond acceptors (Lipinski definition) is 3. The lowest BCUT2D eigenvalue weighted by Crippen LogP contribution is -2.57. The maximum absolute atomic E-state index is 12.0. The Morgan fingerprint density at radius 1 is 1.35 bits per heavy atom. The lowest BCUT2D eigenvalue weighted by molar-refractivity contribution is -0.136. The van der Waals surface area contributed by atoms with Crippen LogP contribution in [-0.4, -0.2) is 60.5 Å². The molecule has 0 saturated carbocycles. The van der Waals surface area contributed by atoms with Gasteiger partial charge in [0.2, 0.25) is 5.91 Å². The van der Waals surface area contributed by atoms with Crippen LogP contribution in [0.1, 0.15) is 33.1 Å². The van der Waals surface area contributed by atoms with Gasteiger partial charge in [-0.25, -0.2) is 0 Å². The molecule has 2 aliphatic rings. The summed E-state index contributed by atoms with van der Waals surface area (Å²) in [7, 11) is 0. The molecule has 17 heavy (non-hydrogen) atoms. The number of rotatable bonds is 3. The smallest absolute Gasteiger partial charge is 0.239 e. The number of hydrogen-bond donors (Lipinski definition) is 1. The molecule has 2 unspecified atom stereocenters. The Bertz CT molecular complexity index is 269. The van der Waals surface area contributed by atoms with Gasteiger partial charge in [-0.1, -0.05) is 13.3 Å². The highest BCUT2D eigenvalue weighted by atomic mass is 16.2. The average Bonchev–Trinajstić information content (AvgIpc) is 2.35. The van der Waals surface area contributed by atoms with Gasteiger partial charge in [0.05, 0.1) is 6.04 Å². The van der Waals surface area contributed by atoms with Crippen molar-refractivity contribution in [2.24, 2.45) is 0 Å². The number of amides is 1. The Hall–Kier alpha value is -0.610. The second-order valence-corrected chi connectivity index (χ2v) is 5.24. The quantitative estimate of drug-likeness (QED) is 0.787. The lowest BCUT2D eigenvalue weighted by atomic mass is 10.0. The second kappa shape index (κ2) is 5.83. The molecule has 2 heterocycles. The summed E-state index contributed by atoms with van der Waals surface area (Å²) in [5.41, 5.74) is 0. The van der Waals surface area contributed by atoms with Crippen molar-refractivity contribution in [3.05, 3.63) is 0 Å². The predicted octanol–water partition coefficient (Wildman–Crippen LogP) is 0.681. The third-order valence-electron chi connectivity index (χ3n) is 4.10. The molecule has 0 aromatic rings. The van der Waals surface area contributed by atoms with Crippen molar-refractivity contribution in [2.75, 3.05) is 32.7 Å². The van der Waals surface area contributed by atoms with Crippen molar-refractivity contribution >= 4 is 5.91 Å². The van der Waals surface area contributed by atoms with Gasteiger partial charge in [-0.05, 0) is 32.9 Å². The summed E-state index contributed by atoms with van der Waals surface area (Å²) in [5.74, 6) is 0.276. The molecule has 1 amide bonds. The molecule has 2 aliphatic heterocycles. The molecule has 0 bridgehead atoms. The second-order valence-electron chi connectivity index (χ2n) is 5.24. The highest BCUT2D eigenvalue weighted by molar-refractivity contribution is 5.82. The maximum atomic E-state index is 12.0. The zero-order chi connectivity index (χ0) is 12.3. The Morgan fingerprint density at radius 2 is 2.18 bits per heavy atom. The number of piperazine rings is 1. The van der Waals surface area contributed by atoms with Gasteiger partial charge in [0.25, 0.3) is 0 Å². The van der Waals surface area contributed by atoms with Crippen LogP contribution in [0.15, 0.2) is 0 Å². The summed E-state index contributed by atoms with van der Waals surface area (Å²) >= 11 is 0. The van der Waals surface area contributed by atoms with Crippen LogP contribution in [0.2, 0.25) is 0 Å². The molecule has 0 spiro atoms. The van der Waals surface area contributed by atoms with Crippen LogP contribution in [0.4, 0.5) is 0 Å². The lowest BCUT2D eigenvalue weighted by Gasteiger charge is -2.40. The standard InChI is InChI=1S/C13H25N3O/c1-3-15-8-5-4-6-12(15)10-16-9-7-14-11(2)13(16)17/h11-12,14H,3-10H2,1-2H3. The van der Waals surface area contributed by atoms with Crippen LogP contribution in [0.3, 0.4) is 0 Å². The van der Waals surface area contributed by atoms with Crippen molar-refractivity contribution in [1.29, 1.82) is 0 Å². The third kappa shape index (κ3) is 2.99. The molecule has 4 nitrogen and oxygen atoms in total. The first-order chi connectivity index (χ1) is 8.22. The first kappa shape index (κ1) is 12.8. The number of piperidine rings is 1. The van der Waals surface area contributed by atoms with Gasteiger partial charge in [0, 0.05) is 25.7 Å². The van der Waals surface area contributed by atoms with Crippen LogP contribution in [0.5, 0.6) is 0 Å². The zero-order valence-electron chi connectivity index (χ0n) is 11.1. The first-order valence-electron chi connectivity index (χ1n) is 6.98. The number of likely N-dealkylation sites (tertiary alicyclic amines) is 1. The molecule has 0 aliphatic carbocycles. The molecule has 0 aromatic carbocycles. The monoisotopic (exact) mass is 239 g/mol. The average molecular weight is 239 g/mol. The van der Waals surface area contributed by atoms with Crippen LogP contribution in [-0.2, 0) is 4.79 Å². The summed E-state index contributed by atoms with van der Waals surface area (Å²) in [4.78, 5) is 16.6. The fourth-order valence-electron chi connectivity index (χ4n) is 3.01. The van der Waals surface area contributed by atoms with Crippen molar-refractivity contribution in [2.45, 2.75) is 45.2 Å². The maximum Gasteiger partial charge on any atom is 0.239 e. The van der Waals surface area contributed by atoms with Gasteiger partial charge < -0.3 is 10.2 Å². The van der Waals surface area contributed by atoms with E-state index in [-0.39, 0.29) is 11.9 Å². The van der Waals surface area contributed by atoms with Crippen molar-refractivity contribution in [1.82, 2.24) is 15.1 Å². The number of carbonyl (C=O) groups excluding carboxylic acids is 1. The highest BCUT2D eigenvalue weighted by Crippen LogP contribution is 2.18. The Morgan fingerprint density at radius 3 is 2.94 bits per heavy atom. The van der Waals surface area contributed by atoms with E-state index >= 15 is 0 Å². The molecule has 2 rings (SSSR count). The van der Waals surface area contributed by atoms with E-state index in [1.165, 1.54) is 25.8 Å². The number of nitrogens with one attached hydrogen (secondary N) is 1. The van der Waals surface area contributed by atoms with Crippen LogP contribution in [0, 0.1) is 0 Å². The third-order valence-corrected chi connectivity index (χ3v) is 4.10. The summed E-state index contributed by atoms with van der Waals surface area (Å²) < 4.78 is 0. The van der Waals surface area contributed by atoms with Crippen molar-refractivity contribution in [3.63, 3.8) is 0 Å². The van der Waals surface area contributed by atoms with E-state index in [0.29, 0.717) is 6.04 Å². The Balaban J connectivity index is 1.92. The fraction of sp³-hybridized carbons (Fsp3) is 0.923. The van der Waals surface area contributed by atoms with Crippen LogP contribution < -0.4 is 5.32 Å². The number of likely N-dealkylation sites (N-methyl/N-ethyl adjacent to an activating group) is 1. The SMILES string of the molecule is CCN1CCCCC1CN1CCNC(C)C1=O. The Kier molecular flexibility index (Phi) is 4.40. The molecule has 98 valence electrons. The normalized spacial score (nSPS) is 31.9. The molecule has 2 fully saturated rings. The molecule has 2 atom stereocenters. The number of carbonyl (C=O) groups is 1. The van der Waals surface area contributed by atoms with E-state index in [1.807, 2.05) is 6.92 Å². The van der Waals surface area contributed by atoms with Gasteiger partial charge in [-0.3, -0.25) is 9.69 Å². The van der Waals surface area contributed by atoms with E-state index in [9.17, 15) is 4.79 Å². The highest BCUT2D eigenvalue weighted by Gasteiger charge is 2.29. The van der Waals surface area contributed by atoms with Crippen molar-refractivity contribution < 1.29 is 4.79 Å². The van der Waals surface area contributed by atoms with Crippen LogP contribution >= 0.6 is 0 Å². The van der Waals surface area contributed by atoms with E-state index < -0.39 is 0 Å². The molecular weight excluding hydrogens is 214 g/mol. The molecular formula is C13H25N3O. The van der Waals surface area contributed by atoms with Gasteiger partial charge in [-0.2, -0.15) is 0 Å². The van der Waals surface area contributed by atoms with Gasteiger partial charge in [0.15, 0.2) is 0 Å². The summed E-state index contributed by atoms with van der Waals surface area (Å²) in [6.07, 6.45) is 3.88. The minimum absolute atomic E-state index is 0.00224. The molecule has 1 N–H and O–H groups in total. The van der Waals surface area contributed by atoms with Crippen LogP contribution in [0.25, 0.3) is 0 Å². The van der Waals surface area contributed by atoms with Gasteiger partial charge in [-0.15, -0.1) is 0 Å². The molecule has 0 radical (unpaired) electrons. The topological polar surface area (TPSA) is 35.6 Å². The van der Waals surface area contributed by atoms with E-state index in [0.717, 1.165) is 26.2 Å². The van der Waals surface area contributed by atoms with Crippen molar-refractivity contribution in [3.8, 4) is 0 Å². The predicted molar refractivity (Wildman–Crippen MR) is 68.9 cm³/mol. The summed E-state index contributed by atoms with van der Waals surface area (Å²) in [6, 6.07) is 0.588. The van der Waals surface area contributed by atoms with Gasteiger partial charge >= 0.3 is 0 Å². The molecule has 2 saturated heterocycles. The minimum atomic E-state index is 0.00224. The molecule has 4 heteroatoms. The van der Waals surface area contributed by atoms with Gasteiger partial charge in [0.1, 0.15) is 0 Å². The van der Waals surface area contributed by atoms with E-state index in [1.54, 1.807) is 0 Å². The van der Waals surface area contributed by atoms with E-state index in [2.05, 4.69) is 22.0 Å². The summed E-state index contributed by atoms with van der Waals surface area (Å²) in [5, 5.41) is 3.22. The fourth-order valence-corrected chi connectivity index (χ4v) is 3.01. The number of nitrogens with zero attached hydrogens (tertiary/aromatic N) is 2. The minimum Gasteiger partial charge on any atom is -0.339 e. The Labute approximate surface area is 104 Å². The zero-order valence-corrected chi connectivity index (χ0v) is 11.1. The molecule has 0 aromatic heterocycles. The van der Waals surface area contributed by atoms with E-state index in [4.69, 9.17) is 0 Å². The first-order valence-corrected chi connectivity index (χ1v) is 6.98. The largest absolute Gasteiger partial charge is 0.339 e.